The zero-order chi connectivity index (χ0) is 16.0. The summed E-state index contributed by atoms with van der Waals surface area (Å²) in [6.45, 7) is 3.67. The van der Waals surface area contributed by atoms with Crippen molar-refractivity contribution in [3.05, 3.63) is 24.3 Å². The molecule has 0 aliphatic rings. The minimum atomic E-state index is -3.80. The standard InChI is InChI=1S/C14H21NO5S/c1-5-10(2)13(14(16)20-4)15-21(17,18)12-8-6-11(19-3)7-9-12/h6-10,13,15H,5H2,1-4H3/t10-,13+/m0/s1. The van der Waals surface area contributed by atoms with Gasteiger partial charge in [0, 0.05) is 0 Å². The monoisotopic (exact) mass is 315 g/mol. The maximum atomic E-state index is 12.3. The minimum Gasteiger partial charge on any atom is -0.497 e. The largest absolute Gasteiger partial charge is 0.497 e. The summed E-state index contributed by atoms with van der Waals surface area (Å²) in [4.78, 5) is 11.8. The highest BCUT2D eigenvalue weighted by atomic mass is 32.2. The van der Waals surface area contributed by atoms with Crippen LogP contribution in [0.25, 0.3) is 0 Å². The number of ether oxygens (including phenoxy) is 2. The van der Waals surface area contributed by atoms with Crippen molar-refractivity contribution in [2.24, 2.45) is 5.92 Å². The molecule has 1 aromatic carbocycles. The van der Waals surface area contributed by atoms with Crippen LogP contribution >= 0.6 is 0 Å². The third-order valence-electron chi connectivity index (χ3n) is 3.32. The first kappa shape index (κ1) is 17.5. The molecule has 0 fully saturated rings. The van der Waals surface area contributed by atoms with Crippen molar-refractivity contribution >= 4 is 16.0 Å². The summed E-state index contributed by atoms with van der Waals surface area (Å²) in [6, 6.07) is 5.03. The zero-order valence-electron chi connectivity index (χ0n) is 12.6. The molecule has 1 rings (SSSR count). The van der Waals surface area contributed by atoms with E-state index in [1.54, 1.807) is 19.1 Å². The Kier molecular flexibility index (Phi) is 6.17. The van der Waals surface area contributed by atoms with Crippen molar-refractivity contribution in [3.8, 4) is 5.75 Å². The lowest BCUT2D eigenvalue weighted by atomic mass is 10.0. The Morgan fingerprint density at radius 2 is 1.81 bits per heavy atom. The number of benzene rings is 1. The molecule has 0 spiro atoms. The molecule has 0 aliphatic heterocycles. The number of hydrogen-bond acceptors (Lipinski definition) is 5. The zero-order valence-corrected chi connectivity index (χ0v) is 13.4. The van der Waals surface area contributed by atoms with E-state index < -0.39 is 22.0 Å². The van der Waals surface area contributed by atoms with Gasteiger partial charge in [0.25, 0.3) is 0 Å². The fraction of sp³-hybridized carbons (Fsp3) is 0.500. The van der Waals surface area contributed by atoms with Crippen LogP contribution in [-0.2, 0) is 19.6 Å². The van der Waals surface area contributed by atoms with Crippen LogP contribution in [0.5, 0.6) is 5.75 Å². The van der Waals surface area contributed by atoms with Crippen LogP contribution in [0.3, 0.4) is 0 Å². The Morgan fingerprint density at radius 1 is 1.24 bits per heavy atom. The second kappa shape index (κ2) is 7.42. The fourth-order valence-electron chi connectivity index (χ4n) is 1.75. The Morgan fingerprint density at radius 3 is 2.24 bits per heavy atom. The summed E-state index contributed by atoms with van der Waals surface area (Å²) in [6.07, 6.45) is 0.644. The molecule has 7 heteroatoms. The van der Waals surface area contributed by atoms with Crippen molar-refractivity contribution in [3.63, 3.8) is 0 Å². The van der Waals surface area contributed by atoms with Gasteiger partial charge < -0.3 is 9.47 Å². The van der Waals surface area contributed by atoms with Crippen molar-refractivity contribution in [2.45, 2.75) is 31.2 Å². The molecule has 0 saturated carbocycles. The van der Waals surface area contributed by atoms with Gasteiger partial charge in [0.2, 0.25) is 10.0 Å². The SMILES string of the molecule is CC[C@H](C)[C@@H](NS(=O)(=O)c1ccc(OC)cc1)C(=O)OC. The van der Waals surface area contributed by atoms with Crippen molar-refractivity contribution < 1.29 is 22.7 Å². The quantitative estimate of drug-likeness (QED) is 0.772. The number of rotatable bonds is 7. The van der Waals surface area contributed by atoms with Gasteiger partial charge in [-0.25, -0.2) is 8.42 Å². The van der Waals surface area contributed by atoms with Gasteiger partial charge in [0.05, 0.1) is 19.1 Å². The van der Waals surface area contributed by atoms with Gasteiger partial charge >= 0.3 is 5.97 Å². The molecule has 118 valence electrons. The van der Waals surface area contributed by atoms with E-state index in [1.807, 2.05) is 6.92 Å². The fourth-order valence-corrected chi connectivity index (χ4v) is 3.04. The molecule has 1 N–H and O–H groups in total. The molecular formula is C14H21NO5S. The van der Waals surface area contributed by atoms with Crippen LogP contribution in [0, 0.1) is 5.92 Å². The lowest BCUT2D eigenvalue weighted by molar-refractivity contribution is -0.143. The molecule has 0 aromatic heterocycles. The van der Waals surface area contributed by atoms with Crippen LogP contribution < -0.4 is 9.46 Å². The van der Waals surface area contributed by atoms with Crippen LogP contribution in [0.15, 0.2) is 29.2 Å². The summed E-state index contributed by atoms with van der Waals surface area (Å²) in [5, 5.41) is 0. The third kappa shape index (κ3) is 4.44. The molecule has 0 bridgehead atoms. The number of methoxy groups -OCH3 is 2. The number of nitrogens with one attached hydrogen (secondary N) is 1. The maximum absolute atomic E-state index is 12.3. The summed E-state index contributed by atoms with van der Waals surface area (Å²) in [5.74, 6) is -0.215. The molecule has 0 unspecified atom stereocenters. The summed E-state index contributed by atoms with van der Waals surface area (Å²) in [5.41, 5.74) is 0. The van der Waals surface area contributed by atoms with E-state index in [-0.39, 0.29) is 10.8 Å². The van der Waals surface area contributed by atoms with Crippen LogP contribution in [-0.4, -0.2) is 34.6 Å². The minimum absolute atomic E-state index is 0.0699. The van der Waals surface area contributed by atoms with E-state index in [4.69, 9.17) is 4.74 Å². The first-order valence-corrected chi connectivity index (χ1v) is 8.08. The van der Waals surface area contributed by atoms with E-state index in [0.717, 1.165) is 0 Å². The topological polar surface area (TPSA) is 81.7 Å². The molecule has 0 radical (unpaired) electrons. The Bertz CT molecular complexity index is 568. The average molecular weight is 315 g/mol. The molecular weight excluding hydrogens is 294 g/mol. The summed E-state index contributed by atoms with van der Waals surface area (Å²) < 4.78 is 36.7. The van der Waals surface area contributed by atoms with Gasteiger partial charge in [0.1, 0.15) is 11.8 Å². The number of carbonyl (C=O) groups is 1. The predicted molar refractivity (Wildman–Crippen MR) is 78.6 cm³/mol. The van der Waals surface area contributed by atoms with Gasteiger partial charge in [-0.05, 0) is 30.2 Å². The molecule has 1 aromatic rings. The first-order chi connectivity index (χ1) is 9.85. The average Bonchev–Trinajstić information content (AvgIpc) is 2.51. The number of hydrogen-bond donors (Lipinski definition) is 1. The van der Waals surface area contributed by atoms with E-state index in [1.165, 1.54) is 26.4 Å². The van der Waals surface area contributed by atoms with E-state index in [9.17, 15) is 13.2 Å². The van der Waals surface area contributed by atoms with Crippen LogP contribution in [0.1, 0.15) is 20.3 Å². The van der Waals surface area contributed by atoms with Gasteiger partial charge in [0.15, 0.2) is 0 Å². The van der Waals surface area contributed by atoms with Gasteiger partial charge in [-0.3, -0.25) is 4.79 Å². The van der Waals surface area contributed by atoms with Crippen molar-refractivity contribution in [1.82, 2.24) is 4.72 Å². The van der Waals surface area contributed by atoms with E-state index >= 15 is 0 Å². The van der Waals surface area contributed by atoms with Crippen LogP contribution in [0.2, 0.25) is 0 Å². The lowest BCUT2D eigenvalue weighted by Crippen LogP contribution is -2.45. The Hall–Kier alpha value is -1.60. The lowest BCUT2D eigenvalue weighted by Gasteiger charge is -2.21. The highest BCUT2D eigenvalue weighted by Crippen LogP contribution is 2.18. The normalized spacial score (nSPS) is 14.3. The highest BCUT2D eigenvalue weighted by molar-refractivity contribution is 7.89. The molecule has 0 amide bonds. The molecule has 0 saturated heterocycles. The number of esters is 1. The predicted octanol–water partition coefficient (Wildman–Crippen LogP) is 1.56. The van der Waals surface area contributed by atoms with Crippen molar-refractivity contribution in [2.75, 3.05) is 14.2 Å². The molecule has 21 heavy (non-hydrogen) atoms. The second-order valence-corrected chi connectivity index (χ2v) is 6.40. The van der Waals surface area contributed by atoms with Gasteiger partial charge in [-0.1, -0.05) is 20.3 Å². The van der Waals surface area contributed by atoms with E-state index in [0.29, 0.717) is 12.2 Å². The van der Waals surface area contributed by atoms with Crippen molar-refractivity contribution in [1.29, 1.82) is 0 Å². The van der Waals surface area contributed by atoms with Crippen LogP contribution in [0.4, 0.5) is 0 Å². The van der Waals surface area contributed by atoms with E-state index in [2.05, 4.69) is 9.46 Å². The van der Waals surface area contributed by atoms with Gasteiger partial charge in [-0.2, -0.15) is 4.72 Å². The Balaban J connectivity index is 3.02. The summed E-state index contributed by atoms with van der Waals surface area (Å²) >= 11 is 0. The highest BCUT2D eigenvalue weighted by Gasteiger charge is 2.30. The molecule has 6 nitrogen and oxygen atoms in total. The second-order valence-electron chi connectivity index (χ2n) is 4.68. The number of carbonyl (C=O) groups excluding carboxylic acids is 1. The first-order valence-electron chi connectivity index (χ1n) is 6.60. The molecule has 2 atom stereocenters. The Labute approximate surface area is 125 Å². The number of sulfonamides is 1. The third-order valence-corrected chi connectivity index (χ3v) is 4.78. The van der Waals surface area contributed by atoms with Gasteiger partial charge in [-0.15, -0.1) is 0 Å². The maximum Gasteiger partial charge on any atom is 0.324 e. The summed E-state index contributed by atoms with van der Waals surface area (Å²) in [7, 11) is -1.07. The molecule has 0 aliphatic carbocycles. The molecule has 0 heterocycles. The smallest absolute Gasteiger partial charge is 0.324 e.